The summed E-state index contributed by atoms with van der Waals surface area (Å²) >= 11 is 1.20. The van der Waals surface area contributed by atoms with Gasteiger partial charge in [0.05, 0.1) is 18.8 Å². The topological polar surface area (TPSA) is 51.2 Å². The molecule has 4 nitrogen and oxygen atoms in total. The van der Waals surface area contributed by atoms with E-state index in [0.717, 1.165) is 0 Å². The summed E-state index contributed by atoms with van der Waals surface area (Å²) < 4.78 is 18.4. The van der Waals surface area contributed by atoms with Gasteiger partial charge in [-0.05, 0) is 19.9 Å². The average Bonchev–Trinajstić information content (AvgIpc) is 2.79. The van der Waals surface area contributed by atoms with Crippen LogP contribution in [0, 0.1) is 12.7 Å². The van der Waals surface area contributed by atoms with Crippen molar-refractivity contribution in [3.63, 3.8) is 0 Å². The SMILES string of the molecule is COC(=O)c1sc(NC(C)c2ccccc2F)nc1C. The molecule has 1 N–H and O–H groups in total. The number of aromatic nitrogens is 1. The number of methoxy groups -OCH3 is 1. The number of ether oxygens (including phenoxy) is 1. The van der Waals surface area contributed by atoms with Gasteiger partial charge in [0.25, 0.3) is 0 Å². The van der Waals surface area contributed by atoms with Crippen molar-refractivity contribution >= 4 is 22.4 Å². The second-order valence-electron chi connectivity index (χ2n) is 4.31. The van der Waals surface area contributed by atoms with E-state index < -0.39 is 5.97 Å². The molecule has 2 rings (SSSR count). The lowest BCUT2D eigenvalue weighted by atomic mass is 10.1. The molecule has 1 atom stereocenters. The number of nitrogens with zero attached hydrogens (tertiary/aromatic N) is 1. The maximum Gasteiger partial charge on any atom is 0.350 e. The van der Waals surface area contributed by atoms with Gasteiger partial charge in [0.15, 0.2) is 5.13 Å². The number of carbonyl (C=O) groups is 1. The normalized spacial score (nSPS) is 12.0. The molecule has 0 aliphatic carbocycles. The lowest BCUT2D eigenvalue weighted by Gasteiger charge is -2.13. The van der Waals surface area contributed by atoms with Crippen LogP contribution in [0.1, 0.15) is 33.9 Å². The zero-order valence-corrected chi connectivity index (χ0v) is 12.3. The van der Waals surface area contributed by atoms with Crippen molar-refractivity contribution in [2.75, 3.05) is 12.4 Å². The summed E-state index contributed by atoms with van der Waals surface area (Å²) in [6.45, 7) is 3.58. The molecule has 0 aliphatic rings. The maximum absolute atomic E-state index is 13.7. The predicted molar refractivity (Wildman–Crippen MR) is 76.6 cm³/mol. The highest BCUT2D eigenvalue weighted by atomic mass is 32.1. The minimum atomic E-state index is -0.411. The van der Waals surface area contributed by atoms with Crippen LogP contribution in [0.15, 0.2) is 24.3 Å². The lowest BCUT2D eigenvalue weighted by Crippen LogP contribution is -2.08. The molecule has 0 spiro atoms. The van der Waals surface area contributed by atoms with Crippen molar-refractivity contribution in [2.45, 2.75) is 19.9 Å². The minimum Gasteiger partial charge on any atom is -0.465 e. The van der Waals surface area contributed by atoms with Crippen LogP contribution in [0.5, 0.6) is 0 Å². The van der Waals surface area contributed by atoms with Crippen molar-refractivity contribution in [2.24, 2.45) is 0 Å². The van der Waals surface area contributed by atoms with E-state index >= 15 is 0 Å². The number of nitrogens with one attached hydrogen (secondary N) is 1. The molecule has 0 amide bonds. The van der Waals surface area contributed by atoms with Gasteiger partial charge in [-0.3, -0.25) is 0 Å². The molecule has 0 saturated carbocycles. The molecule has 0 aliphatic heterocycles. The maximum atomic E-state index is 13.7. The standard InChI is InChI=1S/C14H15FN2O2S/c1-8(10-6-4-5-7-11(10)15)16-14-17-9(2)12(20-14)13(18)19-3/h4-8H,1-3H3,(H,16,17). The number of halogens is 1. The second kappa shape index (κ2) is 6.00. The van der Waals surface area contributed by atoms with Crippen LogP contribution < -0.4 is 5.32 Å². The van der Waals surface area contributed by atoms with E-state index in [-0.39, 0.29) is 11.9 Å². The van der Waals surface area contributed by atoms with Crippen molar-refractivity contribution in [3.05, 3.63) is 46.2 Å². The van der Waals surface area contributed by atoms with Gasteiger partial charge in [-0.1, -0.05) is 29.5 Å². The Labute approximate surface area is 120 Å². The molecule has 0 bridgehead atoms. The summed E-state index contributed by atoms with van der Waals surface area (Å²) in [5, 5.41) is 3.67. The van der Waals surface area contributed by atoms with E-state index in [2.05, 4.69) is 15.0 Å². The Hall–Kier alpha value is -1.95. The van der Waals surface area contributed by atoms with Gasteiger partial charge in [0.1, 0.15) is 10.7 Å². The number of hydrogen-bond donors (Lipinski definition) is 1. The zero-order chi connectivity index (χ0) is 14.7. The first kappa shape index (κ1) is 14.5. The fourth-order valence-corrected chi connectivity index (χ4v) is 2.80. The van der Waals surface area contributed by atoms with Crippen LogP contribution in [-0.4, -0.2) is 18.1 Å². The first-order valence-corrected chi connectivity index (χ1v) is 6.91. The van der Waals surface area contributed by atoms with Gasteiger partial charge in [0, 0.05) is 5.56 Å². The third-order valence-electron chi connectivity index (χ3n) is 2.88. The van der Waals surface area contributed by atoms with Crippen molar-refractivity contribution in [3.8, 4) is 0 Å². The van der Waals surface area contributed by atoms with Crippen LogP contribution >= 0.6 is 11.3 Å². The molecule has 20 heavy (non-hydrogen) atoms. The monoisotopic (exact) mass is 294 g/mol. The Balaban J connectivity index is 2.18. The van der Waals surface area contributed by atoms with Crippen LogP contribution in [0.2, 0.25) is 0 Å². The molecular formula is C14H15FN2O2S. The van der Waals surface area contributed by atoms with Crippen molar-refractivity contribution in [1.82, 2.24) is 4.98 Å². The van der Waals surface area contributed by atoms with Gasteiger partial charge < -0.3 is 10.1 Å². The largest absolute Gasteiger partial charge is 0.465 e. The van der Waals surface area contributed by atoms with Crippen molar-refractivity contribution < 1.29 is 13.9 Å². The van der Waals surface area contributed by atoms with E-state index in [4.69, 9.17) is 0 Å². The number of aryl methyl sites for hydroxylation is 1. The molecular weight excluding hydrogens is 279 g/mol. The van der Waals surface area contributed by atoms with E-state index in [0.29, 0.717) is 21.3 Å². The number of hydrogen-bond acceptors (Lipinski definition) is 5. The average molecular weight is 294 g/mol. The summed E-state index contributed by atoms with van der Waals surface area (Å²) in [7, 11) is 1.33. The van der Waals surface area contributed by atoms with Crippen LogP contribution in [0.3, 0.4) is 0 Å². The third kappa shape index (κ3) is 2.96. The Kier molecular flexibility index (Phi) is 4.34. The number of thiazole rings is 1. The van der Waals surface area contributed by atoms with Gasteiger partial charge in [-0.2, -0.15) is 0 Å². The first-order chi connectivity index (χ1) is 9.52. The van der Waals surface area contributed by atoms with E-state index in [1.807, 2.05) is 6.92 Å². The molecule has 0 saturated heterocycles. The number of esters is 1. The second-order valence-corrected chi connectivity index (χ2v) is 5.31. The fraction of sp³-hybridized carbons (Fsp3) is 0.286. The molecule has 1 aromatic carbocycles. The molecule has 0 fully saturated rings. The Morgan fingerprint density at radius 1 is 1.45 bits per heavy atom. The predicted octanol–water partition coefficient (Wildman–Crippen LogP) is 3.55. The smallest absolute Gasteiger partial charge is 0.350 e. The fourth-order valence-electron chi connectivity index (χ4n) is 1.83. The molecule has 6 heteroatoms. The Morgan fingerprint density at radius 3 is 2.80 bits per heavy atom. The van der Waals surface area contributed by atoms with Crippen LogP contribution in [-0.2, 0) is 4.74 Å². The number of carbonyl (C=O) groups excluding carboxylic acids is 1. The summed E-state index contributed by atoms with van der Waals surface area (Å²) in [5.74, 6) is -0.680. The highest BCUT2D eigenvalue weighted by Gasteiger charge is 2.17. The van der Waals surface area contributed by atoms with E-state index in [1.54, 1.807) is 25.1 Å². The van der Waals surface area contributed by atoms with E-state index in [1.165, 1.54) is 24.5 Å². The highest BCUT2D eigenvalue weighted by Crippen LogP contribution is 2.27. The summed E-state index contributed by atoms with van der Waals surface area (Å²) in [6, 6.07) is 6.32. The highest BCUT2D eigenvalue weighted by molar-refractivity contribution is 7.17. The number of rotatable bonds is 4. The van der Waals surface area contributed by atoms with Crippen LogP contribution in [0.25, 0.3) is 0 Å². The Morgan fingerprint density at radius 2 is 2.15 bits per heavy atom. The summed E-state index contributed by atoms with van der Waals surface area (Å²) in [4.78, 5) is 16.2. The van der Waals surface area contributed by atoms with Crippen LogP contribution in [0.4, 0.5) is 9.52 Å². The first-order valence-electron chi connectivity index (χ1n) is 6.09. The molecule has 1 unspecified atom stereocenters. The molecule has 1 heterocycles. The zero-order valence-electron chi connectivity index (χ0n) is 11.4. The third-order valence-corrected chi connectivity index (χ3v) is 3.95. The van der Waals surface area contributed by atoms with Gasteiger partial charge in [-0.15, -0.1) is 0 Å². The van der Waals surface area contributed by atoms with Crippen molar-refractivity contribution in [1.29, 1.82) is 0 Å². The lowest BCUT2D eigenvalue weighted by molar-refractivity contribution is 0.0605. The van der Waals surface area contributed by atoms with Gasteiger partial charge in [-0.25, -0.2) is 14.2 Å². The molecule has 1 aromatic heterocycles. The summed E-state index contributed by atoms with van der Waals surface area (Å²) in [5.41, 5.74) is 1.16. The number of anilines is 1. The molecule has 106 valence electrons. The van der Waals surface area contributed by atoms with Gasteiger partial charge in [0.2, 0.25) is 0 Å². The van der Waals surface area contributed by atoms with E-state index in [9.17, 15) is 9.18 Å². The quantitative estimate of drug-likeness (QED) is 0.876. The molecule has 2 aromatic rings. The number of benzene rings is 1. The Bertz CT molecular complexity index is 627. The summed E-state index contributed by atoms with van der Waals surface area (Å²) in [6.07, 6.45) is 0. The van der Waals surface area contributed by atoms with Gasteiger partial charge >= 0.3 is 5.97 Å². The minimum absolute atomic E-state index is 0.243. The molecule has 0 radical (unpaired) electrons.